The van der Waals surface area contributed by atoms with Crippen LogP contribution in [-0.2, 0) is 0 Å². The van der Waals surface area contributed by atoms with Gasteiger partial charge < -0.3 is 0 Å². The number of hydrogen-bond donors (Lipinski definition) is 0. The molecule has 2 rings (SSSR count). The molecule has 0 fully saturated rings. The zero-order valence-electron chi connectivity index (χ0n) is 8.01. The molecular formula is C10H5Cl3OS2. The molecular weight excluding hydrogens is 307 g/mol. The van der Waals surface area contributed by atoms with E-state index in [2.05, 4.69) is 0 Å². The Balaban J connectivity index is 2.47. The summed E-state index contributed by atoms with van der Waals surface area (Å²) < 4.78 is 0.898. The van der Waals surface area contributed by atoms with Crippen LogP contribution in [-0.4, -0.2) is 5.78 Å². The number of aryl methyl sites for hydroxylation is 1. The summed E-state index contributed by atoms with van der Waals surface area (Å²) in [6.07, 6.45) is 0. The molecule has 0 spiro atoms. The van der Waals surface area contributed by atoms with Gasteiger partial charge in [0.25, 0.3) is 0 Å². The summed E-state index contributed by atoms with van der Waals surface area (Å²) >= 11 is 20.2. The third-order valence-corrected chi connectivity index (χ3v) is 5.19. The van der Waals surface area contributed by atoms with Crippen LogP contribution >= 0.6 is 57.5 Å². The van der Waals surface area contributed by atoms with Crippen molar-refractivity contribution in [1.82, 2.24) is 0 Å². The predicted molar refractivity (Wildman–Crippen MR) is 71.8 cm³/mol. The Hall–Kier alpha value is -0.0600. The van der Waals surface area contributed by atoms with Gasteiger partial charge in [-0.15, -0.1) is 22.7 Å². The third kappa shape index (κ3) is 2.15. The molecule has 0 amide bonds. The number of carbonyl (C=O) groups is 1. The summed E-state index contributed by atoms with van der Waals surface area (Å²) in [5.74, 6) is -0.170. The minimum atomic E-state index is -0.170. The molecule has 84 valence electrons. The lowest BCUT2D eigenvalue weighted by molar-refractivity contribution is 0.104. The fourth-order valence-electron chi connectivity index (χ4n) is 1.20. The average Bonchev–Trinajstić information content (AvgIpc) is 2.71. The molecule has 0 aliphatic carbocycles. The molecule has 0 N–H and O–H groups in total. The monoisotopic (exact) mass is 310 g/mol. The highest BCUT2D eigenvalue weighted by molar-refractivity contribution is 7.20. The zero-order valence-corrected chi connectivity index (χ0v) is 11.9. The van der Waals surface area contributed by atoms with Gasteiger partial charge in [0.15, 0.2) is 0 Å². The molecule has 1 nitrogen and oxygen atoms in total. The van der Waals surface area contributed by atoms with E-state index in [1.165, 1.54) is 22.7 Å². The molecule has 2 heterocycles. The van der Waals surface area contributed by atoms with E-state index in [1.807, 2.05) is 12.3 Å². The van der Waals surface area contributed by atoms with Gasteiger partial charge in [0.2, 0.25) is 5.78 Å². The number of halogens is 3. The molecule has 16 heavy (non-hydrogen) atoms. The quantitative estimate of drug-likeness (QED) is 0.687. The fourth-order valence-corrected chi connectivity index (χ4v) is 3.89. The topological polar surface area (TPSA) is 17.1 Å². The average molecular weight is 312 g/mol. The van der Waals surface area contributed by atoms with Crippen LogP contribution in [0.25, 0.3) is 0 Å². The number of rotatable bonds is 2. The van der Waals surface area contributed by atoms with Gasteiger partial charge >= 0.3 is 0 Å². The number of hydrogen-bond acceptors (Lipinski definition) is 3. The molecule has 0 aliphatic heterocycles. The molecule has 0 atom stereocenters. The number of carbonyl (C=O) groups excluding carboxylic acids is 1. The maximum absolute atomic E-state index is 12.1. The standard InChI is InChI=1S/C10H5Cl3OS2/c1-4-3-15-9(7(4)12)8(14)5-2-6(11)16-10(5)13/h2-3H,1H3. The van der Waals surface area contributed by atoms with Crippen molar-refractivity contribution in [2.45, 2.75) is 6.92 Å². The van der Waals surface area contributed by atoms with E-state index in [0.717, 1.165) is 5.56 Å². The molecule has 6 heteroatoms. The molecule has 0 aliphatic rings. The zero-order chi connectivity index (χ0) is 11.9. The van der Waals surface area contributed by atoms with E-state index in [1.54, 1.807) is 6.07 Å². The first-order valence-corrected chi connectivity index (χ1v) is 7.07. The van der Waals surface area contributed by atoms with E-state index in [-0.39, 0.29) is 5.78 Å². The van der Waals surface area contributed by atoms with Crippen LogP contribution in [0.5, 0.6) is 0 Å². The Kier molecular flexibility index (Phi) is 3.62. The maximum atomic E-state index is 12.1. The van der Waals surface area contributed by atoms with E-state index >= 15 is 0 Å². The molecule has 0 aromatic carbocycles. The Morgan fingerprint density at radius 3 is 2.44 bits per heavy atom. The van der Waals surface area contributed by atoms with Crippen LogP contribution in [0.4, 0.5) is 0 Å². The second-order valence-corrected chi connectivity index (χ2v) is 6.67. The van der Waals surface area contributed by atoms with Crippen molar-refractivity contribution < 1.29 is 4.79 Å². The lowest BCUT2D eigenvalue weighted by Gasteiger charge is -1.96. The highest BCUT2D eigenvalue weighted by atomic mass is 35.5. The summed E-state index contributed by atoms with van der Waals surface area (Å²) in [7, 11) is 0. The highest BCUT2D eigenvalue weighted by Gasteiger charge is 2.20. The van der Waals surface area contributed by atoms with Crippen molar-refractivity contribution in [2.24, 2.45) is 0 Å². The Morgan fingerprint density at radius 1 is 1.31 bits per heavy atom. The summed E-state index contributed by atoms with van der Waals surface area (Å²) in [5, 5.41) is 2.34. The van der Waals surface area contributed by atoms with Gasteiger partial charge in [-0.1, -0.05) is 34.8 Å². The third-order valence-electron chi connectivity index (χ3n) is 2.01. The van der Waals surface area contributed by atoms with Crippen molar-refractivity contribution in [3.05, 3.63) is 41.1 Å². The molecule has 0 saturated carbocycles. The van der Waals surface area contributed by atoms with Crippen LogP contribution in [0, 0.1) is 6.92 Å². The van der Waals surface area contributed by atoms with E-state index in [4.69, 9.17) is 34.8 Å². The van der Waals surface area contributed by atoms with Crippen LogP contribution in [0.3, 0.4) is 0 Å². The smallest absolute Gasteiger partial charge is 0.206 e. The van der Waals surface area contributed by atoms with Crippen LogP contribution in [0.1, 0.15) is 20.8 Å². The van der Waals surface area contributed by atoms with Crippen LogP contribution in [0.15, 0.2) is 11.4 Å². The number of thiophene rings is 2. The van der Waals surface area contributed by atoms with Gasteiger partial charge in [-0.2, -0.15) is 0 Å². The van der Waals surface area contributed by atoms with Crippen molar-refractivity contribution in [3.8, 4) is 0 Å². The maximum Gasteiger partial charge on any atom is 0.206 e. The first-order valence-electron chi connectivity index (χ1n) is 4.24. The second kappa shape index (κ2) is 4.67. The lowest BCUT2D eigenvalue weighted by Crippen LogP contribution is -1.97. The Labute approximate surface area is 116 Å². The van der Waals surface area contributed by atoms with Gasteiger partial charge in [0.1, 0.15) is 4.34 Å². The molecule has 0 bridgehead atoms. The normalized spacial score (nSPS) is 10.8. The van der Waals surface area contributed by atoms with Gasteiger partial charge in [0.05, 0.1) is 19.8 Å². The Bertz CT molecular complexity index is 552. The van der Waals surface area contributed by atoms with Gasteiger partial charge in [0, 0.05) is 0 Å². The molecule has 2 aromatic heterocycles. The summed E-state index contributed by atoms with van der Waals surface area (Å²) in [6, 6.07) is 1.57. The SMILES string of the molecule is Cc1csc(C(=O)c2cc(Cl)sc2Cl)c1Cl. The summed E-state index contributed by atoms with van der Waals surface area (Å²) in [6.45, 7) is 1.86. The van der Waals surface area contributed by atoms with E-state index in [0.29, 0.717) is 24.1 Å². The Morgan fingerprint density at radius 2 is 2.00 bits per heavy atom. The number of ketones is 1. The molecule has 0 radical (unpaired) electrons. The minimum absolute atomic E-state index is 0.170. The van der Waals surface area contributed by atoms with Gasteiger partial charge in [-0.3, -0.25) is 4.79 Å². The van der Waals surface area contributed by atoms with Crippen LogP contribution in [0.2, 0.25) is 13.7 Å². The summed E-state index contributed by atoms with van der Waals surface area (Å²) in [4.78, 5) is 12.6. The first kappa shape index (κ1) is 12.4. The van der Waals surface area contributed by atoms with Crippen molar-refractivity contribution >= 4 is 63.3 Å². The lowest BCUT2D eigenvalue weighted by atomic mass is 10.2. The molecule has 2 aromatic rings. The first-order chi connectivity index (χ1) is 7.50. The van der Waals surface area contributed by atoms with Gasteiger partial charge in [-0.05, 0) is 23.9 Å². The minimum Gasteiger partial charge on any atom is -0.288 e. The van der Waals surface area contributed by atoms with E-state index < -0.39 is 0 Å². The second-order valence-electron chi connectivity index (χ2n) is 3.13. The van der Waals surface area contributed by atoms with Crippen molar-refractivity contribution in [1.29, 1.82) is 0 Å². The largest absolute Gasteiger partial charge is 0.288 e. The van der Waals surface area contributed by atoms with Gasteiger partial charge in [-0.25, -0.2) is 0 Å². The fraction of sp³-hybridized carbons (Fsp3) is 0.100. The van der Waals surface area contributed by atoms with Crippen LogP contribution < -0.4 is 0 Å². The molecule has 0 saturated heterocycles. The van der Waals surface area contributed by atoms with E-state index in [9.17, 15) is 4.79 Å². The molecule has 0 unspecified atom stereocenters. The van der Waals surface area contributed by atoms with Crippen molar-refractivity contribution in [3.63, 3.8) is 0 Å². The highest BCUT2D eigenvalue weighted by Crippen LogP contribution is 2.36. The predicted octanol–water partition coefficient (Wildman–Crippen LogP) is 5.31. The summed E-state index contributed by atoms with van der Waals surface area (Å²) in [5.41, 5.74) is 1.31. The van der Waals surface area contributed by atoms with Crippen molar-refractivity contribution in [2.75, 3.05) is 0 Å².